The van der Waals surface area contributed by atoms with Crippen molar-refractivity contribution >= 4 is 10.2 Å². The summed E-state index contributed by atoms with van der Waals surface area (Å²) in [6.07, 6.45) is 3.82. The van der Waals surface area contributed by atoms with Crippen molar-refractivity contribution in [2.24, 2.45) is 5.92 Å². The molecule has 0 radical (unpaired) electrons. The van der Waals surface area contributed by atoms with Crippen molar-refractivity contribution in [1.82, 2.24) is 8.61 Å². The second-order valence-electron chi connectivity index (χ2n) is 6.27. The van der Waals surface area contributed by atoms with Crippen molar-refractivity contribution < 1.29 is 8.42 Å². The molecule has 4 nitrogen and oxygen atoms in total. The summed E-state index contributed by atoms with van der Waals surface area (Å²) in [5, 5.41) is 0. The number of hydrogen-bond donors (Lipinski definition) is 0. The smallest absolute Gasteiger partial charge is 0.195 e. The molecule has 21 heavy (non-hydrogen) atoms. The average molecular weight is 308 g/mol. The lowest BCUT2D eigenvalue weighted by molar-refractivity contribution is 0.260. The first kappa shape index (κ1) is 15.0. The number of benzene rings is 1. The summed E-state index contributed by atoms with van der Waals surface area (Å²) in [6.45, 7) is 4.18. The number of piperidine rings is 1. The maximum atomic E-state index is 12.9. The third-order valence-electron chi connectivity index (χ3n) is 4.75. The average Bonchev–Trinajstić information content (AvgIpc) is 2.99. The lowest BCUT2D eigenvalue weighted by Crippen LogP contribution is -2.46. The Balaban J connectivity index is 1.81. The molecule has 0 N–H and O–H groups in total. The second-order valence-corrected chi connectivity index (χ2v) is 8.15. The van der Waals surface area contributed by atoms with Crippen LogP contribution in [0.25, 0.3) is 0 Å². The maximum Gasteiger partial charge on any atom is 0.282 e. The molecule has 0 spiro atoms. The van der Waals surface area contributed by atoms with E-state index in [4.69, 9.17) is 0 Å². The van der Waals surface area contributed by atoms with Crippen molar-refractivity contribution in [1.29, 1.82) is 0 Å². The number of rotatable bonds is 3. The van der Waals surface area contributed by atoms with Crippen LogP contribution < -0.4 is 0 Å². The number of nitrogens with zero attached hydrogens (tertiary/aromatic N) is 2. The van der Waals surface area contributed by atoms with Gasteiger partial charge in [0.1, 0.15) is 0 Å². The van der Waals surface area contributed by atoms with Gasteiger partial charge < -0.3 is 0 Å². The molecular weight excluding hydrogens is 284 g/mol. The SMILES string of the molecule is CC1CCN(S(=O)(=O)N2CCC[C@H]2c2ccccc2)CC1. The van der Waals surface area contributed by atoms with E-state index in [0.717, 1.165) is 31.2 Å². The van der Waals surface area contributed by atoms with Gasteiger partial charge in [-0.2, -0.15) is 17.0 Å². The van der Waals surface area contributed by atoms with Crippen LogP contribution in [0, 0.1) is 5.92 Å². The summed E-state index contributed by atoms with van der Waals surface area (Å²) >= 11 is 0. The molecule has 3 rings (SSSR count). The second kappa shape index (κ2) is 6.07. The van der Waals surface area contributed by atoms with Crippen LogP contribution in [0.2, 0.25) is 0 Å². The Morgan fingerprint density at radius 2 is 1.67 bits per heavy atom. The number of hydrogen-bond acceptors (Lipinski definition) is 2. The van der Waals surface area contributed by atoms with Gasteiger partial charge in [-0.05, 0) is 37.2 Å². The summed E-state index contributed by atoms with van der Waals surface area (Å²) in [6, 6.07) is 10.0. The lowest BCUT2D eigenvalue weighted by Gasteiger charge is -2.34. The first-order valence-corrected chi connectivity index (χ1v) is 9.30. The van der Waals surface area contributed by atoms with Gasteiger partial charge in [0.15, 0.2) is 0 Å². The normalized spacial score (nSPS) is 26.2. The van der Waals surface area contributed by atoms with E-state index in [1.54, 1.807) is 8.61 Å². The van der Waals surface area contributed by atoms with E-state index in [0.29, 0.717) is 25.6 Å². The third-order valence-corrected chi connectivity index (χ3v) is 6.80. The molecule has 0 aliphatic carbocycles. The molecule has 2 aliphatic rings. The van der Waals surface area contributed by atoms with E-state index >= 15 is 0 Å². The van der Waals surface area contributed by atoms with Gasteiger partial charge in [-0.15, -0.1) is 0 Å². The van der Waals surface area contributed by atoms with Crippen LogP contribution in [-0.2, 0) is 10.2 Å². The van der Waals surface area contributed by atoms with Gasteiger partial charge in [0.2, 0.25) is 0 Å². The fraction of sp³-hybridized carbons (Fsp3) is 0.625. The topological polar surface area (TPSA) is 40.6 Å². The predicted molar refractivity (Wildman–Crippen MR) is 84.0 cm³/mol. The highest BCUT2D eigenvalue weighted by Crippen LogP contribution is 2.36. The molecule has 5 heteroatoms. The van der Waals surface area contributed by atoms with Crippen LogP contribution in [0.1, 0.15) is 44.2 Å². The first-order chi connectivity index (χ1) is 10.1. The summed E-state index contributed by atoms with van der Waals surface area (Å²) in [5.74, 6) is 0.639. The molecule has 2 heterocycles. The van der Waals surface area contributed by atoms with Crippen molar-refractivity contribution in [3.63, 3.8) is 0 Å². The van der Waals surface area contributed by atoms with Gasteiger partial charge in [0, 0.05) is 19.6 Å². The maximum absolute atomic E-state index is 12.9. The first-order valence-electron chi connectivity index (χ1n) is 7.91. The van der Waals surface area contributed by atoms with Crippen molar-refractivity contribution in [2.45, 2.75) is 38.6 Å². The fourth-order valence-electron chi connectivity index (χ4n) is 3.39. The standard InChI is InChI=1S/C16H24N2O2S/c1-14-9-12-17(13-10-14)21(19,20)18-11-5-8-16(18)15-6-3-2-4-7-15/h2-4,6-7,14,16H,5,8-13H2,1H3/t16-/m0/s1. The molecule has 2 saturated heterocycles. The van der Waals surface area contributed by atoms with Crippen molar-refractivity contribution in [3.05, 3.63) is 35.9 Å². The molecule has 116 valence electrons. The van der Waals surface area contributed by atoms with Gasteiger partial charge in [0.25, 0.3) is 10.2 Å². The van der Waals surface area contributed by atoms with E-state index in [1.807, 2.05) is 30.3 Å². The predicted octanol–water partition coefficient (Wildman–Crippen LogP) is 2.80. The van der Waals surface area contributed by atoms with E-state index in [2.05, 4.69) is 6.92 Å². The van der Waals surface area contributed by atoms with E-state index in [-0.39, 0.29) is 6.04 Å². The fourth-order valence-corrected chi connectivity index (χ4v) is 5.27. The Labute approximate surface area is 127 Å². The van der Waals surface area contributed by atoms with Crippen LogP contribution in [0.4, 0.5) is 0 Å². The Morgan fingerprint density at radius 3 is 2.33 bits per heavy atom. The third kappa shape index (κ3) is 3.00. The highest BCUT2D eigenvalue weighted by atomic mass is 32.2. The summed E-state index contributed by atoms with van der Waals surface area (Å²) < 4.78 is 29.3. The van der Waals surface area contributed by atoms with Crippen LogP contribution >= 0.6 is 0 Å². The largest absolute Gasteiger partial charge is 0.282 e. The van der Waals surface area contributed by atoms with Crippen molar-refractivity contribution in [3.8, 4) is 0 Å². The summed E-state index contributed by atoms with van der Waals surface area (Å²) in [5.41, 5.74) is 1.11. The van der Waals surface area contributed by atoms with E-state index in [1.165, 1.54) is 0 Å². The van der Waals surface area contributed by atoms with Gasteiger partial charge in [-0.3, -0.25) is 0 Å². The molecule has 0 bridgehead atoms. The highest BCUT2D eigenvalue weighted by Gasteiger charge is 2.39. The van der Waals surface area contributed by atoms with Gasteiger partial charge in [0.05, 0.1) is 6.04 Å². The Hall–Kier alpha value is -0.910. The summed E-state index contributed by atoms with van der Waals surface area (Å²) in [4.78, 5) is 0. The van der Waals surface area contributed by atoms with E-state index < -0.39 is 10.2 Å². The zero-order valence-corrected chi connectivity index (χ0v) is 13.4. The molecule has 1 aromatic carbocycles. The molecule has 0 unspecified atom stereocenters. The molecule has 0 aromatic heterocycles. The lowest BCUT2D eigenvalue weighted by atomic mass is 10.0. The Bertz CT molecular complexity index is 565. The van der Waals surface area contributed by atoms with Gasteiger partial charge in [-0.25, -0.2) is 0 Å². The minimum absolute atomic E-state index is 0.00977. The highest BCUT2D eigenvalue weighted by molar-refractivity contribution is 7.86. The Morgan fingerprint density at radius 1 is 1.00 bits per heavy atom. The van der Waals surface area contributed by atoms with E-state index in [9.17, 15) is 8.42 Å². The quantitative estimate of drug-likeness (QED) is 0.861. The molecule has 1 atom stereocenters. The van der Waals surface area contributed by atoms with Crippen LogP contribution in [0.3, 0.4) is 0 Å². The molecule has 0 saturated carbocycles. The minimum Gasteiger partial charge on any atom is -0.195 e. The Kier molecular flexibility index (Phi) is 4.33. The van der Waals surface area contributed by atoms with Gasteiger partial charge in [-0.1, -0.05) is 37.3 Å². The molecule has 2 aliphatic heterocycles. The van der Waals surface area contributed by atoms with Crippen LogP contribution in [0.5, 0.6) is 0 Å². The molecular formula is C16H24N2O2S. The zero-order chi connectivity index (χ0) is 14.9. The zero-order valence-electron chi connectivity index (χ0n) is 12.6. The van der Waals surface area contributed by atoms with Gasteiger partial charge >= 0.3 is 0 Å². The molecule has 2 fully saturated rings. The van der Waals surface area contributed by atoms with Crippen LogP contribution in [0.15, 0.2) is 30.3 Å². The minimum atomic E-state index is -3.32. The monoisotopic (exact) mass is 308 g/mol. The molecule has 1 aromatic rings. The van der Waals surface area contributed by atoms with Crippen LogP contribution in [-0.4, -0.2) is 36.7 Å². The summed E-state index contributed by atoms with van der Waals surface area (Å²) in [7, 11) is -3.32. The molecule has 0 amide bonds. The van der Waals surface area contributed by atoms with Crippen molar-refractivity contribution in [2.75, 3.05) is 19.6 Å².